The Hall–Kier alpha value is 0.300. The third kappa shape index (κ3) is 7.28. The lowest BCUT2D eigenvalue weighted by atomic mass is 10.1. The first kappa shape index (κ1) is 34.3. The number of nitrogen functional groups attached to an aromatic ring is 2. The first-order valence-corrected chi connectivity index (χ1v) is 15.4. The van der Waals surface area contributed by atoms with E-state index in [4.69, 9.17) is 30.4 Å². The van der Waals surface area contributed by atoms with E-state index < -0.39 is 23.9 Å². The SMILES string of the molecule is COC(=O)c1c(I)c(N)c(I)c(C(=O)OC)c1I.COC(=O)c1c(I)c(N)c(I)c(C(=O)OC)c1I. The Bertz CT molecular complexity index is 1070. The third-order valence-corrected chi connectivity index (χ3v) is 10.9. The Morgan fingerprint density at radius 1 is 0.444 bits per heavy atom. The van der Waals surface area contributed by atoms with Crippen molar-refractivity contribution in [3.8, 4) is 0 Å². The fourth-order valence-corrected chi connectivity index (χ4v) is 10.6. The van der Waals surface area contributed by atoms with Crippen LogP contribution >= 0.6 is 136 Å². The molecule has 0 saturated heterocycles. The first-order valence-electron chi connectivity index (χ1n) is 8.98. The zero-order valence-corrected chi connectivity index (χ0v) is 31.6. The minimum atomic E-state index is -0.531. The Labute approximate surface area is 288 Å². The molecule has 0 aliphatic heterocycles. The van der Waals surface area contributed by atoms with E-state index in [1.807, 2.05) is 136 Å². The summed E-state index contributed by atoms with van der Waals surface area (Å²) in [4.78, 5) is 47.0. The molecule has 0 aliphatic rings. The van der Waals surface area contributed by atoms with Gasteiger partial charge in [0.15, 0.2) is 0 Å². The van der Waals surface area contributed by atoms with E-state index in [1.54, 1.807) is 0 Å². The third-order valence-electron chi connectivity index (χ3n) is 4.26. The summed E-state index contributed by atoms with van der Waals surface area (Å²) in [6.07, 6.45) is 0. The van der Waals surface area contributed by atoms with Crippen LogP contribution < -0.4 is 11.5 Å². The van der Waals surface area contributed by atoms with E-state index in [0.29, 0.717) is 32.8 Å². The Morgan fingerprint density at radius 3 is 0.750 bits per heavy atom. The first-order chi connectivity index (χ1) is 16.7. The van der Waals surface area contributed by atoms with E-state index in [9.17, 15) is 19.2 Å². The van der Waals surface area contributed by atoms with Crippen LogP contribution in [0, 0.1) is 21.4 Å². The summed E-state index contributed by atoms with van der Waals surface area (Å²) >= 11 is 11.7. The molecule has 196 valence electrons. The molecule has 0 unspecified atom stereocenters. The smallest absolute Gasteiger partial charge is 0.340 e. The number of rotatable bonds is 4. The average molecular weight is 1170 g/mol. The zero-order valence-electron chi connectivity index (χ0n) is 18.7. The quantitative estimate of drug-likeness (QED) is 0.178. The fraction of sp³-hybridized carbons (Fsp3) is 0.200. The highest BCUT2D eigenvalue weighted by Gasteiger charge is 2.28. The molecule has 0 spiro atoms. The van der Waals surface area contributed by atoms with E-state index in [-0.39, 0.29) is 22.3 Å². The van der Waals surface area contributed by atoms with Crippen molar-refractivity contribution in [3.05, 3.63) is 43.7 Å². The maximum atomic E-state index is 11.7. The molecule has 36 heavy (non-hydrogen) atoms. The number of hydrogen-bond donors (Lipinski definition) is 2. The molecule has 0 bridgehead atoms. The van der Waals surface area contributed by atoms with Gasteiger partial charge in [0.25, 0.3) is 0 Å². The molecule has 4 N–H and O–H groups in total. The molecule has 10 nitrogen and oxygen atoms in total. The van der Waals surface area contributed by atoms with Gasteiger partial charge in [-0.15, -0.1) is 0 Å². The van der Waals surface area contributed by atoms with Crippen LogP contribution in [0.1, 0.15) is 41.4 Å². The normalized spacial score (nSPS) is 10.1. The van der Waals surface area contributed by atoms with Crippen molar-refractivity contribution in [3.63, 3.8) is 0 Å². The summed E-state index contributed by atoms with van der Waals surface area (Å²) in [5.74, 6) is -2.12. The molecule has 2 rings (SSSR count). The van der Waals surface area contributed by atoms with E-state index in [0.717, 1.165) is 0 Å². The molecule has 0 aliphatic carbocycles. The number of anilines is 2. The Kier molecular flexibility index (Phi) is 14.5. The summed E-state index contributed by atoms with van der Waals surface area (Å²) in [6, 6.07) is 0. The van der Waals surface area contributed by atoms with Crippen molar-refractivity contribution in [2.45, 2.75) is 0 Å². The monoisotopic (exact) mass is 1170 g/mol. The van der Waals surface area contributed by atoms with Crippen molar-refractivity contribution in [2.24, 2.45) is 0 Å². The van der Waals surface area contributed by atoms with Gasteiger partial charge in [-0.3, -0.25) is 0 Å². The average Bonchev–Trinajstić information content (AvgIpc) is 2.85. The number of benzene rings is 2. The topological polar surface area (TPSA) is 157 Å². The number of esters is 4. The van der Waals surface area contributed by atoms with Crippen LogP contribution in [0.3, 0.4) is 0 Å². The Morgan fingerprint density at radius 2 is 0.611 bits per heavy atom. The zero-order chi connectivity index (χ0) is 28.1. The molecule has 0 atom stereocenters. The van der Waals surface area contributed by atoms with E-state index in [2.05, 4.69) is 0 Å². The number of methoxy groups -OCH3 is 4. The minimum absolute atomic E-state index is 0.289. The molecule has 0 aromatic heterocycles. The molecule has 0 amide bonds. The number of ether oxygens (including phenoxy) is 4. The standard InChI is InChI=1S/2C10H8I3NO4/c2*1-17-9(15)3-5(11)4(10(16)18-2)7(13)8(14)6(3)12/h2*14H2,1-2H3. The van der Waals surface area contributed by atoms with Crippen LogP contribution in [0.25, 0.3) is 0 Å². The highest BCUT2D eigenvalue weighted by Crippen LogP contribution is 2.35. The molecular formula is C20H16I6N2O8. The second-order valence-corrected chi connectivity index (χ2v) is 12.7. The molecule has 2 aromatic rings. The van der Waals surface area contributed by atoms with Crippen LogP contribution in [0.15, 0.2) is 0 Å². The molecular weight excluding hydrogens is 1160 g/mol. The van der Waals surface area contributed by atoms with Crippen LogP contribution in [0.5, 0.6) is 0 Å². The molecule has 0 saturated carbocycles. The number of carbonyl (C=O) groups excluding carboxylic acids is 4. The van der Waals surface area contributed by atoms with Gasteiger partial charge in [-0.25, -0.2) is 19.2 Å². The number of carbonyl (C=O) groups is 4. The van der Waals surface area contributed by atoms with Crippen molar-refractivity contribution in [1.82, 2.24) is 0 Å². The van der Waals surface area contributed by atoms with Gasteiger partial charge in [0.2, 0.25) is 0 Å². The highest BCUT2D eigenvalue weighted by atomic mass is 127. The van der Waals surface area contributed by atoms with Gasteiger partial charge in [0.05, 0.1) is 76.3 Å². The fourth-order valence-electron chi connectivity index (χ4n) is 2.49. The molecule has 0 fully saturated rings. The van der Waals surface area contributed by atoms with Crippen LogP contribution in [0.2, 0.25) is 0 Å². The second kappa shape index (κ2) is 15.2. The lowest BCUT2D eigenvalue weighted by molar-refractivity contribution is 0.0577. The van der Waals surface area contributed by atoms with Gasteiger partial charge in [-0.05, 0) is 136 Å². The van der Waals surface area contributed by atoms with Crippen molar-refractivity contribution in [2.75, 3.05) is 39.9 Å². The maximum absolute atomic E-state index is 11.7. The summed E-state index contributed by atoms with van der Waals surface area (Å²) in [5.41, 5.74) is 13.7. The second-order valence-electron chi connectivity index (χ2n) is 6.18. The highest BCUT2D eigenvalue weighted by molar-refractivity contribution is 14.1. The Balaban J connectivity index is 0.000000360. The molecule has 0 radical (unpaired) electrons. The maximum Gasteiger partial charge on any atom is 0.340 e. The number of halogens is 6. The van der Waals surface area contributed by atoms with Gasteiger partial charge in [0, 0.05) is 7.14 Å². The van der Waals surface area contributed by atoms with Crippen molar-refractivity contribution in [1.29, 1.82) is 0 Å². The summed E-state index contributed by atoms with van der Waals surface area (Å²) < 4.78 is 22.1. The number of nitrogens with two attached hydrogens (primary N) is 2. The van der Waals surface area contributed by atoms with E-state index >= 15 is 0 Å². The van der Waals surface area contributed by atoms with Crippen LogP contribution in [-0.2, 0) is 18.9 Å². The van der Waals surface area contributed by atoms with Crippen LogP contribution in [0.4, 0.5) is 11.4 Å². The van der Waals surface area contributed by atoms with Gasteiger partial charge in [-0.2, -0.15) is 0 Å². The predicted octanol–water partition coefficient (Wildman–Crippen LogP) is 5.31. The number of hydrogen-bond acceptors (Lipinski definition) is 10. The van der Waals surface area contributed by atoms with Gasteiger partial charge in [0.1, 0.15) is 0 Å². The predicted molar refractivity (Wildman–Crippen MR) is 183 cm³/mol. The summed E-state index contributed by atoms with van der Waals surface area (Å²) in [6.45, 7) is 0. The van der Waals surface area contributed by atoms with E-state index in [1.165, 1.54) is 28.4 Å². The lowest BCUT2D eigenvalue weighted by Crippen LogP contribution is -2.17. The van der Waals surface area contributed by atoms with Gasteiger partial charge < -0.3 is 30.4 Å². The van der Waals surface area contributed by atoms with Crippen molar-refractivity contribution < 1.29 is 38.1 Å². The summed E-state index contributed by atoms with van der Waals surface area (Å²) in [7, 11) is 5.11. The lowest BCUT2D eigenvalue weighted by Gasteiger charge is -2.14. The molecule has 16 heteroatoms. The molecule has 0 heterocycles. The largest absolute Gasteiger partial charge is 0.465 e. The minimum Gasteiger partial charge on any atom is -0.465 e. The molecule has 2 aromatic carbocycles. The van der Waals surface area contributed by atoms with Gasteiger partial charge in [-0.1, -0.05) is 0 Å². The van der Waals surface area contributed by atoms with Crippen molar-refractivity contribution >= 4 is 171 Å². The van der Waals surface area contributed by atoms with Crippen LogP contribution in [-0.4, -0.2) is 52.3 Å². The van der Waals surface area contributed by atoms with Gasteiger partial charge >= 0.3 is 23.9 Å². The summed E-state index contributed by atoms with van der Waals surface area (Å²) in [5, 5.41) is 0.